The fourth-order valence-electron chi connectivity index (χ4n) is 5.13. The largest absolute Gasteiger partial charge is 0.256 e. The van der Waals surface area contributed by atoms with Crippen molar-refractivity contribution in [2.75, 3.05) is 0 Å². The molecular formula is C34H24N4. The van der Waals surface area contributed by atoms with Crippen LogP contribution in [0.3, 0.4) is 0 Å². The monoisotopic (exact) mass is 488 g/mol. The minimum Gasteiger partial charge on any atom is -0.256 e. The zero-order chi connectivity index (χ0) is 25.6. The third-order valence-electron chi connectivity index (χ3n) is 7.21. The number of benzene rings is 3. The fourth-order valence-corrected chi connectivity index (χ4v) is 5.13. The van der Waals surface area contributed by atoms with Gasteiger partial charge in [-0.2, -0.15) is 5.10 Å². The zero-order valence-corrected chi connectivity index (χ0v) is 21.0. The van der Waals surface area contributed by atoms with Gasteiger partial charge >= 0.3 is 0 Å². The van der Waals surface area contributed by atoms with Gasteiger partial charge in [0.15, 0.2) is 0 Å². The fraction of sp³-hybridized carbons (Fsp3) is 0.0294. The van der Waals surface area contributed by atoms with Crippen molar-refractivity contribution in [3.8, 4) is 11.4 Å². The second-order valence-corrected chi connectivity index (χ2v) is 9.54. The third kappa shape index (κ3) is 3.66. The summed E-state index contributed by atoms with van der Waals surface area (Å²) in [6, 6.07) is 33.3. The van der Waals surface area contributed by atoms with Gasteiger partial charge in [-0.15, -0.1) is 0 Å². The first kappa shape index (κ1) is 22.1. The van der Waals surface area contributed by atoms with Gasteiger partial charge in [0, 0.05) is 22.4 Å². The molecule has 0 spiro atoms. The minimum absolute atomic E-state index is 0.883. The molecule has 0 radical (unpaired) electrons. The molecule has 0 atom stereocenters. The predicted octanol–water partition coefficient (Wildman–Crippen LogP) is 8.29. The van der Waals surface area contributed by atoms with Gasteiger partial charge in [-0.25, -0.2) is 9.50 Å². The molecule has 0 aliphatic heterocycles. The van der Waals surface area contributed by atoms with Crippen LogP contribution in [0, 0.1) is 6.92 Å². The lowest BCUT2D eigenvalue weighted by Gasteiger charge is -2.08. The van der Waals surface area contributed by atoms with Crippen LogP contribution < -0.4 is 0 Å². The van der Waals surface area contributed by atoms with Crippen LogP contribution in [0.15, 0.2) is 116 Å². The van der Waals surface area contributed by atoms with E-state index in [1.165, 1.54) is 0 Å². The summed E-state index contributed by atoms with van der Waals surface area (Å²) in [6.45, 7) is 6.45. The van der Waals surface area contributed by atoms with Gasteiger partial charge in [0.05, 0.1) is 33.5 Å². The minimum atomic E-state index is 0.883. The van der Waals surface area contributed by atoms with Crippen molar-refractivity contribution >= 4 is 49.9 Å². The Hall–Kier alpha value is -5.09. The molecule has 4 heteroatoms. The average Bonchev–Trinajstić information content (AvgIpc) is 3.35. The van der Waals surface area contributed by atoms with Crippen molar-refractivity contribution < 1.29 is 0 Å². The number of hydrogen-bond donors (Lipinski definition) is 0. The molecule has 0 saturated carbocycles. The van der Waals surface area contributed by atoms with Crippen molar-refractivity contribution in [3.05, 3.63) is 133 Å². The Kier molecular flexibility index (Phi) is 5.12. The summed E-state index contributed by atoms with van der Waals surface area (Å²) >= 11 is 0. The van der Waals surface area contributed by atoms with E-state index in [1.807, 2.05) is 35.0 Å². The normalized spacial score (nSPS) is 11.8. The molecule has 38 heavy (non-hydrogen) atoms. The summed E-state index contributed by atoms with van der Waals surface area (Å²) in [5.74, 6) is 0. The van der Waals surface area contributed by atoms with Gasteiger partial charge in [0.1, 0.15) is 0 Å². The number of aryl methyl sites for hydroxylation is 1. The lowest BCUT2D eigenvalue weighted by Crippen LogP contribution is -1.96. The first-order valence-corrected chi connectivity index (χ1v) is 12.7. The number of aromatic nitrogens is 4. The number of hydrogen-bond acceptors (Lipinski definition) is 3. The van der Waals surface area contributed by atoms with E-state index in [1.54, 1.807) is 0 Å². The van der Waals surface area contributed by atoms with Gasteiger partial charge in [-0.05, 0) is 65.6 Å². The Bertz CT molecular complexity index is 2060. The maximum atomic E-state index is 5.04. The van der Waals surface area contributed by atoms with Crippen LogP contribution in [0.4, 0.5) is 0 Å². The van der Waals surface area contributed by atoms with E-state index >= 15 is 0 Å². The molecular weight excluding hydrogens is 464 g/mol. The van der Waals surface area contributed by atoms with Crippen molar-refractivity contribution in [2.24, 2.45) is 0 Å². The lowest BCUT2D eigenvalue weighted by molar-refractivity contribution is 0.984. The van der Waals surface area contributed by atoms with Gasteiger partial charge in [-0.3, -0.25) is 4.98 Å². The summed E-state index contributed by atoms with van der Waals surface area (Å²) in [5, 5.41) is 8.22. The Morgan fingerprint density at radius 2 is 1.68 bits per heavy atom. The summed E-state index contributed by atoms with van der Waals surface area (Å²) in [5.41, 5.74) is 10.1. The van der Waals surface area contributed by atoms with E-state index < -0.39 is 0 Å². The lowest BCUT2D eigenvalue weighted by atomic mass is 10.0. The zero-order valence-electron chi connectivity index (χ0n) is 21.0. The van der Waals surface area contributed by atoms with Gasteiger partial charge in [0.2, 0.25) is 0 Å². The topological polar surface area (TPSA) is 43.1 Å². The van der Waals surface area contributed by atoms with E-state index in [2.05, 4.69) is 103 Å². The Labute approximate surface area is 220 Å². The van der Waals surface area contributed by atoms with Crippen molar-refractivity contribution in [2.45, 2.75) is 6.92 Å². The first-order chi connectivity index (χ1) is 18.7. The highest BCUT2D eigenvalue weighted by Crippen LogP contribution is 2.28. The van der Waals surface area contributed by atoms with E-state index in [9.17, 15) is 0 Å². The summed E-state index contributed by atoms with van der Waals surface area (Å²) in [6.07, 6.45) is 6.02. The third-order valence-corrected chi connectivity index (χ3v) is 7.21. The predicted molar refractivity (Wildman–Crippen MR) is 158 cm³/mol. The molecule has 0 bridgehead atoms. The van der Waals surface area contributed by atoms with Crippen molar-refractivity contribution in [1.29, 1.82) is 0 Å². The molecule has 3 aromatic carbocycles. The van der Waals surface area contributed by atoms with Gasteiger partial charge < -0.3 is 0 Å². The SMILES string of the molecule is C=C(/C=C\c1ccc2cccnc2c1C)c1ccc2ccc(-c3cccc4c5ccccc5nn34)nc2c1. The van der Waals surface area contributed by atoms with Crippen molar-refractivity contribution in [3.63, 3.8) is 0 Å². The van der Waals surface area contributed by atoms with Crippen LogP contribution >= 0.6 is 0 Å². The van der Waals surface area contributed by atoms with Gasteiger partial charge in [-0.1, -0.05) is 79.4 Å². The molecule has 0 aliphatic rings. The van der Waals surface area contributed by atoms with Crippen LogP contribution in [0.2, 0.25) is 0 Å². The van der Waals surface area contributed by atoms with E-state index in [0.717, 1.165) is 71.9 Å². The van der Waals surface area contributed by atoms with E-state index in [4.69, 9.17) is 10.1 Å². The van der Waals surface area contributed by atoms with Crippen LogP contribution in [-0.4, -0.2) is 19.6 Å². The number of nitrogens with zero attached hydrogens (tertiary/aromatic N) is 4. The molecule has 180 valence electrons. The van der Waals surface area contributed by atoms with Crippen LogP contribution in [0.5, 0.6) is 0 Å². The molecule has 4 aromatic heterocycles. The van der Waals surface area contributed by atoms with Crippen LogP contribution in [-0.2, 0) is 0 Å². The Morgan fingerprint density at radius 1 is 0.816 bits per heavy atom. The molecule has 0 unspecified atom stereocenters. The summed E-state index contributed by atoms with van der Waals surface area (Å²) < 4.78 is 1.99. The average molecular weight is 489 g/mol. The molecule has 0 saturated heterocycles. The first-order valence-electron chi connectivity index (χ1n) is 12.7. The second kappa shape index (κ2) is 8.79. The highest BCUT2D eigenvalue weighted by molar-refractivity contribution is 5.95. The molecule has 4 nitrogen and oxygen atoms in total. The maximum absolute atomic E-state index is 5.04. The highest BCUT2D eigenvalue weighted by atomic mass is 15.2. The molecule has 7 aromatic rings. The van der Waals surface area contributed by atoms with Crippen molar-refractivity contribution in [1.82, 2.24) is 19.6 Å². The molecule has 0 fully saturated rings. The molecule has 0 amide bonds. The quantitative estimate of drug-likeness (QED) is 0.234. The Morgan fingerprint density at radius 3 is 2.63 bits per heavy atom. The Balaban J connectivity index is 1.25. The number of pyridine rings is 3. The second-order valence-electron chi connectivity index (χ2n) is 9.54. The number of allylic oxidation sites excluding steroid dienone is 2. The maximum Gasteiger partial charge on any atom is 0.0934 e. The molecule has 4 heterocycles. The number of rotatable bonds is 4. The summed E-state index contributed by atoms with van der Waals surface area (Å²) in [4.78, 5) is 9.60. The van der Waals surface area contributed by atoms with Crippen LogP contribution in [0.1, 0.15) is 16.7 Å². The summed E-state index contributed by atoms with van der Waals surface area (Å²) in [7, 11) is 0. The number of fused-ring (bicyclic) bond motifs is 5. The van der Waals surface area contributed by atoms with Crippen LogP contribution in [0.25, 0.3) is 61.3 Å². The molecule has 0 aliphatic carbocycles. The molecule has 0 N–H and O–H groups in total. The standard InChI is InChI=1S/C34H24N4/c1-22(12-13-24-14-16-26-7-6-20-35-34(26)23(24)2)27-17-15-25-18-19-30(36-31(25)21-27)33-11-5-10-32-28-8-3-4-9-29(28)37-38(32)33/h3-21H,1H2,2H3/b13-12-. The molecule has 7 rings (SSSR count). The van der Waals surface area contributed by atoms with E-state index in [0.29, 0.717) is 0 Å². The van der Waals surface area contributed by atoms with E-state index in [-0.39, 0.29) is 0 Å². The van der Waals surface area contributed by atoms with Gasteiger partial charge in [0.25, 0.3) is 0 Å². The smallest absolute Gasteiger partial charge is 0.0934 e. The highest BCUT2D eigenvalue weighted by Gasteiger charge is 2.11.